The minimum atomic E-state index is 0.167. The lowest BCUT2D eigenvalue weighted by atomic mass is 10.1. The molecule has 1 aromatic carbocycles. The summed E-state index contributed by atoms with van der Waals surface area (Å²) in [5, 5.41) is 0. The number of rotatable bonds is 9. The van der Waals surface area contributed by atoms with Crippen molar-refractivity contribution in [2.24, 2.45) is 0 Å². The summed E-state index contributed by atoms with van der Waals surface area (Å²) in [6, 6.07) is 7.98. The zero-order valence-corrected chi connectivity index (χ0v) is 13.2. The first-order valence-electron chi connectivity index (χ1n) is 7.45. The first-order valence-corrected chi connectivity index (χ1v) is 7.45. The van der Waals surface area contributed by atoms with Gasteiger partial charge in [0, 0.05) is 12.1 Å². The van der Waals surface area contributed by atoms with E-state index in [2.05, 4.69) is 19.1 Å². The van der Waals surface area contributed by atoms with Crippen LogP contribution in [0, 0.1) is 0 Å². The molecule has 0 spiro atoms. The normalized spacial score (nSPS) is 11.3. The minimum Gasteiger partial charge on any atom is -0.377 e. The summed E-state index contributed by atoms with van der Waals surface area (Å²) in [4.78, 5) is 14.1. The van der Waals surface area contributed by atoms with Gasteiger partial charge >= 0.3 is 0 Å². The number of ether oxygens (including phenoxy) is 1. The molecule has 0 amide bonds. The second kappa shape index (κ2) is 8.88. The molecule has 0 aliphatic heterocycles. The first-order chi connectivity index (χ1) is 9.52. The maximum atomic E-state index is 12.1. The van der Waals surface area contributed by atoms with Crippen molar-refractivity contribution >= 4 is 5.78 Å². The highest BCUT2D eigenvalue weighted by Crippen LogP contribution is 2.08. The lowest BCUT2D eigenvalue weighted by Gasteiger charge is -2.17. The van der Waals surface area contributed by atoms with Crippen LogP contribution >= 0.6 is 0 Å². The van der Waals surface area contributed by atoms with Gasteiger partial charge in [-0.3, -0.25) is 9.69 Å². The lowest BCUT2D eigenvalue weighted by molar-refractivity contribution is 0.0619. The highest BCUT2D eigenvalue weighted by molar-refractivity contribution is 5.97. The number of hydrogen-bond acceptors (Lipinski definition) is 3. The van der Waals surface area contributed by atoms with Gasteiger partial charge in [0.05, 0.1) is 19.3 Å². The molecule has 0 bridgehead atoms. The molecular formula is C17H27NO2. The molecule has 0 saturated heterocycles. The zero-order chi connectivity index (χ0) is 15.0. The van der Waals surface area contributed by atoms with Crippen LogP contribution in [0.15, 0.2) is 24.3 Å². The van der Waals surface area contributed by atoms with E-state index >= 15 is 0 Å². The molecule has 0 aromatic heterocycles. The molecular weight excluding hydrogens is 250 g/mol. The summed E-state index contributed by atoms with van der Waals surface area (Å²) < 4.78 is 5.49. The number of likely N-dealkylation sites (N-methyl/N-ethyl adjacent to an activating group) is 1. The Kier molecular flexibility index (Phi) is 7.48. The van der Waals surface area contributed by atoms with Crippen LogP contribution in [0.1, 0.15) is 43.1 Å². The molecule has 20 heavy (non-hydrogen) atoms. The number of aryl methyl sites for hydroxylation is 1. The zero-order valence-electron chi connectivity index (χ0n) is 13.2. The summed E-state index contributed by atoms with van der Waals surface area (Å²) in [5.41, 5.74) is 2.09. The highest BCUT2D eigenvalue weighted by Gasteiger charge is 2.09. The van der Waals surface area contributed by atoms with E-state index in [1.165, 1.54) is 5.56 Å². The van der Waals surface area contributed by atoms with Crippen molar-refractivity contribution in [3.05, 3.63) is 35.4 Å². The molecule has 0 fully saturated rings. The molecule has 0 aliphatic rings. The number of ketones is 1. The summed E-state index contributed by atoms with van der Waals surface area (Å²) >= 11 is 0. The molecule has 0 saturated carbocycles. The molecule has 1 aromatic rings. The largest absolute Gasteiger partial charge is 0.377 e. The fraction of sp³-hybridized carbons (Fsp3) is 0.588. The average molecular weight is 277 g/mol. The average Bonchev–Trinajstić information content (AvgIpc) is 2.39. The molecule has 0 atom stereocenters. The van der Waals surface area contributed by atoms with Gasteiger partial charge in [0.25, 0.3) is 0 Å². The maximum Gasteiger partial charge on any atom is 0.176 e. The minimum absolute atomic E-state index is 0.167. The number of nitrogens with zero attached hydrogens (tertiary/aromatic N) is 1. The fourth-order valence-electron chi connectivity index (χ4n) is 2.01. The van der Waals surface area contributed by atoms with Crippen molar-refractivity contribution in [1.29, 1.82) is 0 Å². The van der Waals surface area contributed by atoms with Gasteiger partial charge < -0.3 is 4.74 Å². The fourth-order valence-corrected chi connectivity index (χ4v) is 2.01. The van der Waals surface area contributed by atoms with Gasteiger partial charge in [-0.2, -0.15) is 0 Å². The van der Waals surface area contributed by atoms with Crippen molar-refractivity contribution in [3.63, 3.8) is 0 Å². The van der Waals surface area contributed by atoms with Crippen LogP contribution in [0.25, 0.3) is 0 Å². The topological polar surface area (TPSA) is 29.5 Å². The van der Waals surface area contributed by atoms with E-state index < -0.39 is 0 Å². The van der Waals surface area contributed by atoms with E-state index in [4.69, 9.17) is 4.74 Å². The van der Waals surface area contributed by atoms with Crippen LogP contribution in [-0.2, 0) is 11.2 Å². The SMILES string of the molecule is CCCc1ccc(C(=O)CN(C)CCOC(C)C)cc1. The van der Waals surface area contributed by atoms with E-state index in [1.54, 1.807) is 0 Å². The van der Waals surface area contributed by atoms with E-state index in [1.807, 2.05) is 37.9 Å². The molecule has 1 rings (SSSR count). The predicted molar refractivity (Wildman–Crippen MR) is 83.4 cm³/mol. The molecule has 0 unspecified atom stereocenters. The predicted octanol–water partition coefficient (Wildman–Crippen LogP) is 3.18. The molecule has 0 heterocycles. The second-order valence-electron chi connectivity index (χ2n) is 5.53. The number of carbonyl (C=O) groups excluding carboxylic acids is 1. The number of hydrogen-bond donors (Lipinski definition) is 0. The van der Waals surface area contributed by atoms with Crippen LogP contribution in [0.5, 0.6) is 0 Å². The van der Waals surface area contributed by atoms with E-state index in [9.17, 15) is 4.79 Å². The van der Waals surface area contributed by atoms with Crippen molar-refractivity contribution in [3.8, 4) is 0 Å². The van der Waals surface area contributed by atoms with Gasteiger partial charge in [0.1, 0.15) is 0 Å². The van der Waals surface area contributed by atoms with E-state index in [0.29, 0.717) is 13.2 Å². The molecule has 3 nitrogen and oxygen atoms in total. The molecule has 0 N–H and O–H groups in total. The van der Waals surface area contributed by atoms with Crippen LogP contribution in [0.4, 0.5) is 0 Å². The van der Waals surface area contributed by atoms with Crippen molar-refractivity contribution in [1.82, 2.24) is 4.90 Å². The second-order valence-corrected chi connectivity index (χ2v) is 5.53. The Morgan fingerprint density at radius 2 is 1.90 bits per heavy atom. The van der Waals surface area contributed by atoms with Crippen molar-refractivity contribution in [2.45, 2.75) is 39.7 Å². The Labute approximate surface area is 122 Å². The summed E-state index contributed by atoms with van der Waals surface area (Å²) in [6.45, 7) is 8.07. The van der Waals surface area contributed by atoms with Gasteiger partial charge in [-0.05, 0) is 32.9 Å². The Bertz CT molecular complexity index is 398. The van der Waals surface area contributed by atoms with Gasteiger partial charge in [-0.15, -0.1) is 0 Å². The number of benzene rings is 1. The van der Waals surface area contributed by atoms with Crippen molar-refractivity contribution < 1.29 is 9.53 Å². The van der Waals surface area contributed by atoms with E-state index in [-0.39, 0.29) is 11.9 Å². The Morgan fingerprint density at radius 3 is 2.45 bits per heavy atom. The summed E-state index contributed by atoms with van der Waals surface area (Å²) in [6.07, 6.45) is 2.44. The van der Waals surface area contributed by atoms with Crippen LogP contribution in [0.3, 0.4) is 0 Å². The lowest BCUT2D eigenvalue weighted by Crippen LogP contribution is -2.29. The molecule has 3 heteroatoms. The summed E-state index contributed by atoms with van der Waals surface area (Å²) in [7, 11) is 1.95. The Hall–Kier alpha value is -1.19. The smallest absolute Gasteiger partial charge is 0.176 e. The monoisotopic (exact) mass is 277 g/mol. The maximum absolute atomic E-state index is 12.1. The Morgan fingerprint density at radius 1 is 1.25 bits per heavy atom. The highest BCUT2D eigenvalue weighted by atomic mass is 16.5. The third-order valence-corrected chi connectivity index (χ3v) is 3.15. The number of Topliss-reactive ketones (excluding diaryl/α,β-unsaturated/α-hetero) is 1. The third kappa shape index (κ3) is 6.31. The van der Waals surface area contributed by atoms with Gasteiger partial charge in [-0.25, -0.2) is 0 Å². The van der Waals surface area contributed by atoms with E-state index in [0.717, 1.165) is 24.9 Å². The van der Waals surface area contributed by atoms with Crippen molar-refractivity contribution in [2.75, 3.05) is 26.7 Å². The van der Waals surface area contributed by atoms with Crippen LogP contribution in [-0.4, -0.2) is 43.5 Å². The van der Waals surface area contributed by atoms with Gasteiger partial charge in [0.15, 0.2) is 5.78 Å². The van der Waals surface area contributed by atoms with Gasteiger partial charge in [-0.1, -0.05) is 37.6 Å². The van der Waals surface area contributed by atoms with Crippen LogP contribution < -0.4 is 0 Å². The standard InChI is InChI=1S/C17H27NO2/c1-5-6-15-7-9-16(10-8-15)17(19)13-18(4)11-12-20-14(2)3/h7-10,14H,5-6,11-13H2,1-4H3. The first kappa shape index (κ1) is 16.9. The number of carbonyl (C=O) groups is 1. The molecule has 112 valence electrons. The van der Waals surface area contributed by atoms with Gasteiger partial charge in [0.2, 0.25) is 0 Å². The quantitative estimate of drug-likeness (QED) is 0.649. The summed E-state index contributed by atoms with van der Waals surface area (Å²) in [5.74, 6) is 0.167. The molecule has 0 aliphatic carbocycles. The molecule has 0 radical (unpaired) electrons. The van der Waals surface area contributed by atoms with Crippen LogP contribution in [0.2, 0.25) is 0 Å². The Balaban J connectivity index is 2.41. The third-order valence-electron chi connectivity index (χ3n) is 3.15.